The van der Waals surface area contributed by atoms with Crippen molar-refractivity contribution in [1.82, 2.24) is 15.7 Å². The van der Waals surface area contributed by atoms with Gasteiger partial charge in [-0.25, -0.2) is 0 Å². The van der Waals surface area contributed by atoms with Gasteiger partial charge in [0.25, 0.3) is 0 Å². The summed E-state index contributed by atoms with van der Waals surface area (Å²) in [7, 11) is 0. The van der Waals surface area contributed by atoms with Crippen molar-refractivity contribution in [2.75, 3.05) is 19.8 Å². The molecule has 4 heterocycles. The number of aliphatic hydroxyl groups is 6. The molecule has 20 heteroatoms. The van der Waals surface area contributed by atoms with Gasteiger partial charge in [-0.3, -0.25) is 24.0 Å². The van der Waals surface area contributed by atoms with Crippen LogP contribution in [-0.2, 0) is 59.0 Å². The number of nitrogens with one attached hydrogen (secondary N) is 2. The molecule has 8 N–H and O–H groups in total. The first-order valence-electron chi connectivity index (χ1n) is 24.6. The molecule has 69 heavy (non-hydrogen) atoms. The van der Waals surface area contributed by atoms with Gasteiger partial charge in [-0.05, 0) is 58.1 Å². The minimum atomic E-state index is -1.68. The molecule has 5 fully saturated rings. The van der Waals surface area contributed by atoms with Crippen LogP contribution in [0.15, 0.2) is 30.3 Å². The third kappa shape index (κ3) is 12.7. The molecule has 1 saturated carbocycles. The molecule has 1 aliphatic carbocycles. The lowest BCUT2D eigenvalue weighted by Crippen LogP contribution is -2.71. The number of benzene rings is 1. The number of aliphatic hydroxyl groups excluding tert-OH is 6. The number of unbranched alkanes of at least 4 members (excludes halogenated alkanes) is 4. The standard InChI is InChI=1S/C49H75N3O17/c1-7-9-11-21-48(22-12-10-8-2)67-39-32-24-49(46(62)51-35(28(3)55)43(60)50-31(26-53)19-20-34(56)66-47(4,5)6)41(44(61)64-32)52(69-42(49)40(39)68-48)25-30-17-15-29(16-18-30)14-13-23-63-45-38(59)37(58)36(57)33(27-54)65-45/h13-18,28,31-33,35-42,45,53-55,57-59H,7-12,19-27H2,1-6H3,(H,50,60)(H,51,62)/t28-,31-,32+,33+,35+,36-,37-,38+,39-,40-,41-,42+,45-,49-/m0/s1. The Morgan fingerprint density at radius 2 is 1.61 bits per heavy atom. The van der Waals surface area contributed by atoms with Gasteiger partial charge in [0.15, 0.2) is 18.1 Å². The third-order valence-electron chi connectivity index (χ3n) is 13.6. The van der Waals surface area contributed by atoms with E-state index in [1.807, 2.05) is 24.3 Å². The second-order valence-corrected chi connectivity index (χ2v) is 20.1. The highest BCUT2D eigenvalue weighted by Gasteiger charge is 2.76. The first kappa shape index (κ1) is 54.7. The molecule has 2 bridgehead atoms. The van der Waals surface area contributed by atoms with Crippen LogP contribution in [0.1, 0.15) is 123 Å². The summed E-state index contributed by atoms with van der Waals surface area (Å²) in [5, 5.41) is 67.9. The van der Waals surface area contributed by atoms with E-state index in [4.69, 9.17) is 33.3 Å². The second-order valence-electron chi connectivity index (χ2n) is 20.1. The van der Waals surface area contributed by atoms with Crippen LogP contribution in [-0.4, -0.2) is 170 Å². The van der Waals surface area contributed by atoms with Crippen LogP contribution in [0.5, 0.6) is 0 Å². The Balaban J connectivity index is 1.23. The van der Waals surface area contributed by atoms with Crippen molar-refractivity contribution < 1.29 is 83.1 Å². The third-order valence-corrected chi connectivity index (χ3v) is 13.6. The Hall–Kier alpha value is -3.64. The molecule has 2 amide bonds. The summed E-state index contributed by atoms with van der Waals surface area (Å²) in [5.74, 6) is -3.81. The van der Waals surface area contributed by atoms with Crippen molar-refractivity contribution in [3.8, 4) is 0 Å². The first-order chi connectivity index (χ1) is 32.8. The van der Waals surface area contributed by atoms with Crippen molar-refractivity contribution in [2.45, 2.75) is 209 Å². The number of hydrogen-bond donors (Lipinski definition) is 8. The van der Waals surface area contributed by atoms with Crippen LogP contribution < -0.4 is 10.6 Å². The van der Waals surface area contributed by atoms with E-state index < -0.39 is 133 Å². The Bertz CT molecular complexity index is 1900. The van der Waals surface area contributed by atoms with Gasteiger partial charge in [0.1, 0.15) is 65.9 Å². The molecule has 0 aromatic heterocycles. The number of ether oxygens (including phenoxy) is 6. The molecule has 4 saturated heterocycles. The molecule has 0 spiro atoms. The van der Waals surface area contributed by atoms with Crippen LogP contribution in [0.25, 0.3) is 6.08 Å². The maximum Gasteiger partial charge on any atom is 0.327 e. The number of hydroxylamine groups is 2. The predicted octanol–water partition coefficient (Wildman–Crippen LogP) is 1.42. The summed E-state index contributed by atoms with van der Waals surface area (Å²) in [5.41, 5.74) is -0.965. The highest BCUT2D eigenvalue weighted by Crippen LogP contribution is 2.58. The van der Waals surface area contributed by atoms with E-state index in [1.54, 1.807) is 32.9 Å². The zero-order valence-corrected chi connectivity index (χ0v) is 40.7. The SMILES string of the molecule is CCCCCC1(CCCCC)O[C@@H]2[C@H](O1)[C@H]1ON(Cc3ccc(C=CCO[C@H]4O[C@H](CO)[C@H](O)[C@H](O)[C@H]4O)cc3)[C@H]3C(=O)O[C@@H]2C[C@@]13C(=O)N[C@@H](C(=O)N[C@H](CO)CCC(=O)OC(C)(C)C)[C@H](C)O. The molecular weight excluding hydrogens is 903 g/mol. The van der Waals surface area contributed by atoms with Gasteiger partial charge in [-0.15, -0.1) is 0 Å². The molecule has 1 aromatic rings. The van der Waals surface area contributed by atoms with Gasteiger partial charge < -0.3 is 69.7 Å². The van der Waals surface area contributed by atoms with Crippen LogP contribution in [0, 0.1) is 5.41 Å². The number of carbonyl (C=O) groups is 4. The first-order valence-corrected chi connectivity index (χ1v) is 24.6. The molecule has 14 atom stereocenters. The molecule has 0 unspecified atom stereocenters. The predicted molar refractivity (Wildman–Crippen MR) is 245 cm³/mol. The quantitative estimate of drug-likeness (QED) is 0.0537. The van der Waals surface area contributed by atoms with Crippen LogP contribution >= 0.6 is 0 Å². The zero-order chi connectivity index (χ0) is 50.3. The molecule has 0 radical (unpaired) electrons. The summed E-state index contributed by atoms with van der Waals surface area (Å²) >= 11 is 0. The van der Waals surface area contributed by atoms with Crippen molar-refractivity contribution in [3.05, 3.63) is 41.5 Å². The van der Waals surface area contributed by atoms with Crippen molar-refractivity contribution in [1.29, 1.82) is 0 Å². The lowest BCUT2D eigenvalue weighted by molar-refractivity contribution is -0.298. The average Bonchev–Trinajstić information content (AvgIpc) is 3.86. The van der Waals surface area contributed by atoms with E-state index in [0.717, 1.165) is 44.1 Å². The lowest BCUT2D eigenvalue weighted by atomic mass is 9.62. The molecule has 4 aliphatic heterocycles. The van der Waals surface area contributed by atoms with Gasteiger partial charge in [0.2, 0.25) is 11.8 Å². The molecule has 5 aliphatic rings. The number of hydrogen-bond acceptors (Lipinski definition) is 18. The minimum Gasteiger partial charge on any atom is -0.460 e. The second kappa shape index (κ2) is 23.7. The smallest absolute Gasteiger partial charge is 0.327 e. The Kier molecular flexibility index (Phi) is 18.8. The van der Waals surface area contributed by atoms with Gasteiger partial charge in [-0.1, -0.05) is 75.9 Å². The lowest BCUT2D eigenvalue weighted by Gasteiger charge is -2.49. The van der Waals surface area contributed by atoms with Gasteiger partial charge in [-0.2, -0.15) is 5.06 Å². The number of amides is 2. The topological polar surface area (TPSA) is 282 Å². The average molecular weight is 978 g/mol. The number of rotatable bonds is 24. The van der Waals surface area contributed by atoms with E-state index in [1.165, 1.54) is 12.0 Å². The van der Waals surface area contributed by atoms with Crippen molar-refractivity contribution >= 4 is 29.8 Å². The monoisotopic (exact) mass is 978 g/mol. The van der Waals surface area contributed by atoms with Crippen LogP contribution in [0.2, 0.25) is 0 Å². The largest absolute Gasteiger partial charge is 0.460 e. The fraction of sp³-hybridized carbons (Fsp3) is 0.755. The number of esters is 2. The summed E-state index contributed by atoms with van der Waals surface area (Å²) in [6.07, 6.45) is -2.06. The van der Waals surface area contributed by atoms with Gasteiger partial charge in [0, 0.05) is 25.7 Å². The van der Waals surface area contributed by atoms with E-state index in [2.05, 4.69) is 24.5 Å². The minimum absolute atomic E-state index is 0.0205. The Morgan fingerprint density at radius 1 is 0.942 bits per heavy atom. The van der Waals surface area contributed by atoms with Crippen LogP contribution in [0.3, 0.4) is 0 Å². The Morgan fingerprint density at radius 3 is 2.22 bits per heavy atom. The van der Waals surface area contributed by atoms with Gasteiger partial charge in [0.05, 0.1) is 38.5 Å². The molecule has 388 valence electrons. The van der Waals surface area contributed by atoms with E-state index in [-0.39, 0.29) is 32.4 Å². The fourth-order valence-corrected chi connectivity index (χ4v) is 10.0. The van der Waals surface area contributed by atoms with E-state index in [9.17, 15) is 45.0 Å². The normalized spacial score (nSPS) is 32.0. The number of fused-ring (bicyclic) bond motifs is 4. The van der Waals surface area contributed by atoms with Crippen LogP contribution in [0.4, 0.5) is 0 Å². The summed E-state index contributed by atoms with van der Waals surface area (Å²) in [4.78, 5) is 62.7. The fourth-order valence-electron chi connectivity index (χ4n) is 10.0. The molecular formula is C49H75N3O17. The summed E-state index contributed by atoms with van der Waals surface area (Å²) in [6.45, 7) is 9.60. The number of carbonyl (C=O) groups excluding carboxylic acids is 4. The van der Waals surface area contributed by atoms with Gasteiger partial charge >= 0.3 is 11.9 Å². The Labute approximate surface area is 403 Å². The van der Waals surface area contributed by atoms with E-state index >= 15 is 4.79 Å². The maximum absolute atomic E-state index is 15.2. The maximum atomic E-state index is 15.2. The molecule has 20 nitrogen and oxygen atoms in total. The van der Waals surface area contributed by atoms with Crippen molar-refractivity contribution in [3.63, 3.8) is 0 Å². The molecule has 1 aromatic carbocycles. The zero-order valence-electron chi connectivity index (χ0n) is 40.7. The highest BCUT2D eigenvalue weighted by atomic mass is 16.8. The number of nitrogens with zero attached hydrogens (tertiary/aromatic N) is 1. The van der Waals surface area contributed by atoms with E-state index in [0.29, 0.717) is 18.4 Å². The van der Waals surface area contributed by atoms with Crippen molar-refractivity contribution in [2.24, 2.45) is 5.41 Å². The summed E-state index contributed by atoms with van der Waals surface area (Å²) in [6, 6.07) is 3.47. The highest BCUT2D eigenvalue weighted by molar-refractivity contribution is 5.96. The summed E-state index contributed by atoms with van der Waals surface area (Å²) < 4.78 is 36.3. The molecule has 6 rings (SSSR count).